The maximum absolute atomic E-state index is 13.9. The van der Waals surface area contributed by atoms with Crippen LogP contribution in [-0.2, 0) is 0 Å². The van der Waals surface area contributed by atoms with Crippen molar-refractivity contribution in [2.45, 2.75) is 70.3 Å². The van der Waals surface area contributed by atoms with Crippen LogP contribution < -0.4 is 4.74 Å². The molecule has 0 amide bonds. The van der Waals surface area contributed by atoms with Gasteiger partial charge in [0.05, 0.1) is 0 Å². The second-order valence-electron chi connectivity index (χ2n) is 7.20. The monoisotopic (exact) mass is 344 g/mol. The molecular formula is C19H24F4O. The zero-order valence-electron chi connectivity index (χ0n) is 13.7. The lowest BCUT2D eigenvalue weighted by molar-refractivity contribution is -0.0546. The maximum Gasteiger partial charge on any atom is 0.387 e. The van der Waals surface area contributed by atoms with Crippen molar-refractivity contribution in [2.24, 2.45) is 11.8 Å². The Morgan fingerprint density at radius 2 is 1.33 bits per heavy atom. The van der Waals surface area contributed by atoms with E-state index in [0.29, 0.717) is 5.56 Å². The highest BCUT2D eigenvalue weighted by atomic mass is 19.3. The minimum Gasteiger partial charge on any atom is -0.429 e. The van der Waals surface area contributed by atoms with Crippen LogP contribution in [-0.4, -0.2) is 6.61 Å². The Morgan fingerprint density at radius 1 is 0.792 bits per heavy atom. The normalized spacial score (nSPS) is 25.9. The van der Waals surface area contributed by atoms with Gasteiger partial charge in [-0.2, -0.15) is 8.78 Å². The van der Waals surface area contributed by atoms with Gasteiger partial charge in [-0.15, -0.1) is 0 Å². The molecule has 24 heavy (non-hydrogen) atoms. The number of alkyl halides is 2. The molecule has 0 unspecified atom stereocenters. The number of ether oxygens (including phenoxy) is 1. The molecule has 1 nitrogen and oxygen atoms in total. The van der Waals surface area contributed by atoms with Crippen molar-refractivity contribution < 1.29 is 22.3 Å². The van der Waals surface area contributed by atoms with E-state index < -0.39 is 24.0 Å². The van der Waals surface area contributed by atoms with Crippen molar-refractivity contribution in [3.63, 3.8) is 0 Å². The standard InChI is InChI=1S/C19H24F4O/c20-16-10-15(11-17(21)18(16)24-19(22)23)14-8-6-13(7-9-14)12-4-2-1-3-5-12/h10-14,19H,1-9H2. The number of benzene rings is 1. The topological polar surface area (TPSA) is 9.23 Å². The smallest absolute Gasteiger partial charge is 0.387 e. The van der Waals surface area contributed by atoms with Crippen LogP contribution in [0.3, 0.4) is 0 Å². The van der Waals surface area contributed by atoms with E-state index in [1.807, 2.05) is 0 Å². The van der Waals surface area contributed by atoms with E-state index in [1.54, 1.807) is 0 Å². The molecule has 134 valence electrons. The van der Waals surface area contributed by atoms with Gasteiger partial charge in [-0.05, 0) is 61.1 Å². The van der Waals surface area contributed by atoms with Crippen molar-refractivity contribution in [3.05, 3.63) is 29.3 Å². The number of halogens is 4. The Hall–Kier alpha value is -1.26. The molecule has 2 saturated carbocycles. The molecule has 0 N–H and O–H groups in total. The summed E-state index contributed by atoms with van der Waals surface area (Å²) >= 11 is 0. The molecule has 2 aliphatic rings. The summed E-state index contributed by atoms with van der Waals surface area (Å²) in [4.78, 5) is 0. The Bertz CT molecular complexity index is 523. The van der Waals surface area contributed by atoms with Gasteiger partial charge in [0.2, 0.25) is 0 Å². The van der Waals surface area contributed by atoms with Crippen molar-refractivity contribution in [1.82, 2.24) is 0 Å². The SMILES string of the molecule is Fc1cc(C2CCC(C3CCCCC3)CC2)cc(F)c1OC(F)F. The van der Waals surface area contributed by atoms with Crippen LogP contribution in [0.5, 0.6) is 5.75 Å². The van der Waals surface area contributed by atoms with Gasteiger partial charge in [0.15, 0.2) is 17.4 Å². The van der Waals surface area contributed by atoms with Gasteiger partial charge in [-0.1, -0.05) is 32.1 Å². The minimum atomic E-state index is -3.23. The van der Waals surface area contributed by atoms with Crippen LogP contribution in [0.15, 0.2) is 12.1 Å². The quantitative estimate of drug-likeness (QED) is 0.573. The zero-order chi connectivity index (χ0) is 17.1. The van der Waals surface area contributed by atoms with Crippen LogP contribution in [0.25, 0.3) is 0 Å². The fourth-order valence-electron chi connectivity index (χ4n) is 4.55. The van der Waals surface area contributed by atoms with Crippen LogP contribution in [0.4, 0.5) is 17.6 Å². The van der Waals surface area contributed by atoms with Crippen molar-refractivity contribution in [1.29, 1.82) is 0 Å². The Morgan fingerprint density at radius 3 is 1.88 bits per heavy atom. The first-order valence-corrected chi connectivity index (χ1v) is 8.98. The average Bonchev–Trinajstić information content (AvgIpc) is 2.59. The van der Waals surface area contributed by atoms with Gasteiger partial charge < -0.3 is 4.74 Å². The third-order valence-corrected chi connectivity index (χ3v) is 5.79. The minimum absolute atomic E-state index is 0.106. The Labute approximate surface area is 140 Å². The highest BCUT2D eigenvalue weighted by molar-refractivity contribution is 5.33. The van der Waals surface area contributed by atoms with Crippen molar-refractivity contribution in [3.8, 4) is 5.75 Å². The van der Waals surface area contributed by atoms with E-state index in [2.05, 4.69) is 4.74 Å². The van der Waals surface area contributed by atoms with Crippen LogP contribution >= 0.6 is 0 Å². The van der Waals surface area contributed by atoms with Gasteiger partial charge in [-0.3, -0.25) is 0 Å². The van der Waals surface area contributed by atoms with Crippen LogP contribution in [0.2, 0.25) is 0 Å². The molecule has 5 heteroatoms. The Balaban J connectivity index is 1.63. The van der Waals surface area contributed by atoms with E-state index in [1.165, 1.54) is 32.1 Å². The first-order chi connectivity index (χ1) is 11.5. The van der Waals surface area contributed by atoms with Gasteiger partial charge in [-0.25, -0.2) is 8.78 Å². The summed E-state index contributed by atoms with van der Waals surface area (Å²) in [5.74, 6) is -1.41. The second-order valence-corrected chi connectivity index (χ2v) is 7.20. The fraction of sp³-hybridized carbons (Fsp3) is 0.684. The molecule has 2 fully saturated rings. The van der Waals surface area contributed by atoms with E-state index in [4.69, 9.17) is 0 Å². The fourth-order valence-corrected chi connectivity index (χ4v) is 4.55. The molecule has 1 aromatic rings. The molecular weight excluding hydrogens is 320 g/mol. The molecule has 0 bridgehead atoms. The number of hydrogen-bond acceptors (Lipinski definition) is 1. The average molecular weight is 344 g/mol. The molecule has 0 spiro atoms. The van der Waals surface area contributed by atoms with Gasteiger partial charge in [0, 0.05) is 0 Å². The summed E-state index contributed by atoms with van der Waals surface area (Å²) in [5.41, 5.74) is 0.564. The molecule has 0 heterocycles. The van der Waals surface area contributed by atoms with Crippen LogP contribution in [0, 0.1) is 23.5 Å². The third-order valence-electron chi connectivity index (χ3n) is 5.79. The van der Waals surface area contributed by atoms with Crippen molar-refractivity contribution in [2.75, 3.05) is 0 Å². The van der Waals surface area contributed by atoms with E-state index >= 15 is 0 Å². The predicted molar refractivity (Wildman–Crippen MR) is 84.3 cm³/mol. The highest BCUT2D eigenvalue weighted by Crippen LogP contribution is 2.43. The molecule has 0 aliphatic heterocycles. The highest BCUT2D eigenvalue weighted by Gasteiger charge is 2.30. The van der Waals surface area contributed by atoms with E-state index in [0.717, 1.165) is 49.7 Å². The van der Waals surface area contributed by atoms with Gasteiger partial charge in [0.1, 0.15) is 0 Å². The number of rotatable bonds is 4. The summed E-state index contributed by atoms with van der Waals surface area (Å²) < 4.78 is 56.1. The van der Waals surface area contributed by atoms with Gasteiger partial charge >= 0.3 is 6.61 Å². The van der Waals surface area contributed by atoms with E-state index in [-0.39, 0.29) is 5.92 Å². The van der Waals surface area contributed by atoms with E-state index in [9.17, 15) is 17.6 Å². The summed E-state index contributed by atoms with van der Waals surface area (Å²) in [6.45, 7) is -3.23. The Kier molecular flexibility index (Phi) is 5.67. The summed E-state index contributed by atoms with van der Waals surface area (Å²) in [6, 6.07) is 2.32. The van der Waals surface area contributed by atoms with Crippen molar-refractivity contribution >= 4 is 0 Å². The largest absolute Gasteiger partial charge is 0.429 e. The third kappa shape index (κ3) is 4.04. The molecule has 3 rings (SSSR count). The summed E-state index contributed by atoms with van der Waals surface area (Å²) in [6.07, 6.45) is 10.6. The molecule has 0 aromatic heterocycles. The molecule has 0 radical (unpaired) electrons. The zero-order valence-corrected chi connectivity index (χ0v) is 13.7. The lowest BCUT2D eigenvalue weighted by atomic mass is 9.70. The molecule has 2 aliphatic carbocycles. The predicted octanol–water partition coefficient (Wildman–Crippen LogP) is 6.42. The first kappa shape index (κ1) is 17.6. The summed E-state index contributed by atoms with van der Waals surface area (Å²) in [7, 11) is 0. The number of hydrogen-bond donors (Lipinski definition) is 0. The molecule has 0 saturated heterocycles. The second kappa shape index (κ2) is 7.75. The van der Waals surface area contributed by atoms with Gasteiger partial charge in [0.25, 0.3) is 0 Å². The maximum atomic E-state index is 13.9. The lowest BCUT2D eigenvalue weighted by Gasteiger charge is -2.36. The lowest BCUT2D eigenvalue weighted by Crippen LogP contribution is -2.23. The van der Waals surface area contributed by atoms with Crippen LogP contribution in [0.1, 0.15) is 69.3 Å². The molecule has 0 atom stereocenters. The first-order valence-electron chi connectivity index (χ1n) is 8.98. The molecule has 1 aromatic carbocycles. The summed E-state index contributed by atoms with van der Waals surface area (Å²) in [5, 5.41) is 0.